The highest BCUT2D eigenvalue weighted by molar-refractivity contribution is 6.32. The number of hydrogen-bond donors (Lipinski definition) is 0. The summed E-state index contributed by atoms with van der Waals surface area (Å²) in [6.07, 6.45) is 1.95. The normalized spacial score (nSPS) is 10.3. The monoisotopic (exact) mass is 264 g/mol. The van der Waals surface area contributed by atoms with E-state index >= 15 is 0 Å². The van der Waals surface area contributed by atoms with E-state index in [0.29, 0.717) is 27.9 Å². The number of benzene rings is 1. The van der Waals surface area contributed by atoms with Crippen LogP contribution in [0, 0.1) is 0 Å². The highest BCUT2D eigenvalue weighted by Crippen LogP contribution is 2.24. The zero-order chi connectivity index (χ0) is 13.1. The summed E-state index contributed by atoms with van der Waals surface area (Å²) in [4.78, 5) is 30.2. The van der Waals surface area contributed by atoms with Crippen LogP contribution in [0.25, 0.3) is 11.0 Å². The van der Waals surface area contributed by atoms with Gasteiger partial charge in [-0.1, -0.05) is 11.6 Å². The number of carbonyl (C=O) groups excluding carboxylic acids is 2. The Hall–Kier alpha value is -2.01. The Balaban J connectivity index is 2.63. The molecule has 0 atom stereocenters. The minimum absolute atomic E-state index is 0.0103. The van der Waals surface area contributed by atoms with Crippen LogP contribution in [0.5, 0.6) is 0 Å². The van der Waals surface area contributed by atoms with Crippen LogP contribution in [-0.4, -0.2) is 29.3 Å². The molecule has 0 saturated heterocycles. The lowest BCUT2D eigenvalue weighted by molar-refractivity contribution is -0.139. The Morgan fingerprint density at radius 1 is 1.50 bits per heavy atom. The van der Waals surface area contributed by atoms with E-state index in [-0.39, 0.29) is 12.1 Å². The zero-order valence-corrected chi connectivity index (χ0v) is 10.3. The minimum Gasteiger partial charge on any atom is -0.469 e. The topological polar surface area (TPSA) is 69.2 Å². The second kappa shape index (κ2) is 5.10. The third-order valence-corrected chi connectivity index (χ3v) is 2.80. The smallest absolute Gasteiger partial charge is 0.310 e. The summed E-state index contributed by atoms with van der Waals surface area (Å²) in [5.41, 5.74) is 1.72. The molecule has 92 valence electrons. The summed E-state index contributed by atoms with van der Waals surface area (Å²) in [5.74, 6) is -0.428. The van der Waals surface area contributed by atoms with Gasteiger partial charge in [0.15, 0.2) is 6.29 Å². The number of fused-ring (bicyclic) bond motifs is 1. The van der Waals surface area contributed by atoms with E-state index in [9.17, 15) is 9.59 Å². The average Bonchev–Trinajstić information content (AvgIpc) is 2.41. The number of ether oxygens (including phenoxy) is 1. The fraction of sp³-hybridized carbons (Fsp3) is 0.167. The van der Waals surface area contributed by atoms with E-state index in [1.165, 1.54) is 13.3 Å². The van der Waals surface area contributed by atoms with E-state index in [4.69, 9.17) is 11.6 Å². The summed E-state index contributed by atoms with van der Waals surface area (Å²) >= 11 is 6.04. The highest BCUT2D eigenvalue weighted by atomic mass is 35.5. The van der Waals surface area contributed by atoms with Gasteiger partial charge in [-0.25, -0.2) is 4.98 Å². The van der Waals surface area contributed by atoms with Gasteiger partial charge in [-0.3, -0.25) is 14.6 Å². The van der Waals surface area contributed by atoms with E-state index < -0.39 is 5.97 Å². The van der Waals surface area contributed by atoms with Gasteiger partial charge >= 0.3 is 5.97 Å². The predicted octanol–water partition coefficient (Wildman–Crippen LogP) is 1.81. The molecule has 18 heavy (non-hydrogen) atoms. The highest BCUT2D eigenvalue weighted by Gasteiger charge is 2.13. The van der Waals surface area contributed by atoms with Crippen molar-refractivity contribution in [2.75, 3.05) is 7.11 Å². The van der Waals surface area contributed by atoms with E-state index in [0.717, 1.165) is 0 Å². The standard InChI is InChI=1S/C12H9ClN2O3/c1-18-11(17)4-8-9(13)2-3-10-12(8)15-7(6-16)5-14-10/h2-3,5-6H,4H2,1H3. The van der Waals surface area contributed by atoms with Crippen molar-refractivity contribution < 1.29 is 14.3 Å². The lowest BCUT2D eigenvalue weighted by atomic mass is 10.1. The Bertz CT molecular complexity index is 628. The van der Waals surface area contributed by atoms with Gasteiger partial charge in [0.2, 0.25) is 0 Å². The van der Waals surface area contributed by atoms with Crippen LogP contribution in [-0.2, 0) is 16.0 Å². The molecule has 2 aromatic rings. The summed E-state index contributed by atoms with van der Waals surface area (Å²) in [7, 11) is 1.30. The predicted molar refractivity (Wildman–Crippen MR) is 65.7 cm³/mol. The van der Waals surface area contributed by atoms with Gasteiger partial charge in [0.1, 0.15) is 5.69 Å². The molecule has 0 bridgehead atoms. The Morgan fingerprint density at radius 3 is 2.94 bits per heavy atom. The molecule has 1 aromatic carbocycles. The molecule has 0 fully saturated rings. The van der Waals surface area contributed by atoms with E-state index in [2.05, 4.69) is 14.7 Å². The van der Waals surface area contributed by atoms with Gasteiger partial charge in [0.25, 0.3) is 0 Å². The Labute approximate surface area is 108 Å². The van der Waals surface area contributed by atoms with Gasteiger partial charge in [0, 0.05) is 10.6 Å². The van der Waals surface area contributed by atoms with Crippen molar-refractivity contribution in [2.45, 2.75) is 6.42 Å². The van der Waals surface area contributed by atoms with Crippen LogP contribution in [0.3, 0.4) is 0 Å². The SMILES string of the molecule is COC(=O)Cc1c(Cl)ccc2ncc(C=O)nc12. The molecule has 2 rings (SSSR count). The molecule has 0 aliphatic rings. The lowest BCUT2D eigenvalue weighted by Gasteiger charge is -2.07. The first-order chi connectivity index (χ1) is 8.65. The zero-order valence-electron chi connectivity index (χ0n) is 9.51. The number of esters is 1. The van der Waals surface area contributed by atoms with Gasteiger partial charge in [-0.2, -0.15) is 0 Å². The van der Waals surface area contributed by atoms with Crippen molar-refractivity contribution >= 4 is 34.9 Å². The van der Waals surface area contributed by atoms with Crippen molar-refractivity contribution in [1.82, 2.24) is 9.97 Å². The molecule has 1 aromatic heterocycles. The third-order valence-electron chi connectivity index (χ3n) is 2.45. The summed E-state index contributed by atoms with van der Waals surface area (Å²) in [5, 5.41) is 0.394. The minimum atomic E-state index is -0.428. The van der Waals surface area contributed by atoms with Crippen LogP contribution in [0.15, 0.2) is 18.3 Å². The van der Waals surface area contributed by atoms with Gasteiger partial charge < -0.3 is 4.74 Å². The number of rotatable bonds is 3. The van der Waals surface area contributed by atoms with Crippen molar-refractivity contribution in [3.8, 4) is 0 Å². The maximum Gasteiger partial charge on any atom is 0.310 e. The molecule has 0 aliphatic carbocycles. The molecule has 0 saturated carbocycles. The molecular weight excluding hydrogens is 256 g/mol. The van der Waals surface area contributed by atoms with Crippen molar-refractivity contribution in [2.24, 2.45) is 0 Å². The maximum atomic E-state index is 11.3. The molecule has 0 radical (unpaired) electrons. The number of aldehydes is 1. The average molecular weight is 265 g/mol. The molecule has 0 amide bonds. The van der Waals surface area contributed by atoms with Crippen LogP contribution in [0.1, 0.15) is 16.1 Å². The lowest BCUT2D eigenvalue weighted by Crippen LogP contribution is -2.07. The van der Waals surface area contributed by atoms with E-state index in [1.54, 1.807) is 12.1 Å². The van der Waals surface area contributed by atoms with Gasteiger partial charge in [-0.05, 0) is 12.1 Å². The molecule has 0 spiro atoms. The number of halogens is 1. The Kier molecular flexibility index (Phi) is 3.53. The molecule has 1 heterocycles. The van der Waals surface area contributed by atoms with Crippen LogP contribution in [0.2, 0.25) is 5.02 Å². The van der Waals surface area contributed by atoms with Gasteiger partial charge in [0.05, 0.1) is 30.8 Å². The Morgan fingerprint density at radius 2 is 2.28 bits per heavy atom. The summed E-state index contributed by atoms with van der Waals surface area (Å²) < 4.78 is 4.60. The number of aromatic nitrogens is 2. The van der Waals surface area contributed by atoms with Crippen LogP contribution < -0.4 is 0 Å². The van der Waals surface area contributed by atoms with Gasteiger partial charge in [-0.15, -0.1) is 0 Å². The second-order valence-corrected chi connectivity index (χ2v) is 3.97. The van der Waals surface area contributed by atoms with Crippen molar-refractivity contribution in [3.05, 3.63) is 34.6 Å². The van der Waals surface area contributed by atoms with E-state index in [1.807, 2.05) is 0 Å². The molecular formula is C12H9ClN2O3. The van der Waals surface area contributed by atoms with Crippen molar-refractivity contribution in [3.63, 3.8) is 0 Å². The maximum absolute atomic E-state index is 11.3. The number of nitrogens with zero attached hydrogens (tertiary/aromatic N) is 2. The summed E-state index contributed by atoms with van der Waals surface area (Å²) in [6, 6.07) is 3.32. The van der Waals surface area contributed by atoms with Crippen molar-refractivity contribution in [1.29, 1.82) is 0 Å². The second-order valence-electron chi connectivity index (χ2n) is 3.56. The summed E-state index contributed by atoms with van der Waals surface area (Å²) in [6.45, 7) is 0. The number of carbonyl (C=O) groups is 2. The molecule has 5 nitrogen and oxygen atoms in total. The number of methoxy groups -OCH3 is 1. The first kappa shape index (κ1) is 12.4. The molecule has 6 heteroatoms. The fourth-order valence-electron chi connectivity index (χ4n) is 1.56. The van der Waals surface area contributed by atoms with Crippen LogP contribution in [0.4, 0.5) is 0 Å². The first-order valence-electron chi connectivity index (χ1n) is 5.12. The number of hydrogen-bond acceptors (Lipinski definition) is 5. The first-order valence-corrected chi connectivity index (χ1v) is 5.49. The third kappa shape index (κ3) is 2.31. The largest absolute Gasteiger partial charge is 0.469 e. The quantitative estimate of drug-likeness (QED) is 0.625. The van der Waals surface area contributed by atoms with Crippen LogP contribution >= 0.6 is 11.6 Å². The molecule has 0 aliphatic heterocycles. The fourth-order valence-corrected chi connectivity index (χ4v) is 1.78. The molecule has 0 N–H and O–H groups in total. The molecule has 0 unspecified atom stereocenters.